The van der Waals surface area contributed by atoms with Crippen molar-refractivity contribution in [3.05, 3.63) is 23.8 Å². The van der Waals surface area contributed by atoms with Gasteiger partial charge in [0.15, 0.2) is 0 Å². The SMILES string of the molecule is Cc1cnc(-c2noc([C@H](C)N)n2)nc1. The molecule has 2 aromatic heterocycles. The second-order valence-electron chi connectivity index (χ2n) is 3.33. The topological polar surface area (TPSA) is 90.7 Å². The summed E-state index contributed by atoms with van der Waals surface area (Å²) in [5.41, 5.74) is 6.57. The number of nitrogens with zero attached hydrogens (tertiary/aromatic N) is 4. The summed E-state index contributed by atoms with van der Waals surface area (Å²) in [6, 6.07) is -0.281. The zero-order valence-electron chi connectivity index (χ0n) is 8.51. The molecule has 0 aromatic carbocycles. The second kappa shape index (κ2) is 3.74. The van der Waals surface area contributed by atoms with E-state index in [9.17, 15) is 0 Å². The average Bonchev–Trinajstić information content (AvgIpc) is 2.68. The average molecular weight is 205 g/mol. The van der Waals surface area contributed by atoms with Gasteiger partial charge in [-0.25, -0.2) is 9.97 Å². The van der Waals surface area contributed by atoms with Crippen LogP contribution >= 0.6 is 0 Å². The van der Waals surface area contributed by atoms with E-state index in [0.29, 0.717) is 17.5 Å². The molecule has 0 aliphatic rings. The van der Waals surface area contributed by atoms with E-state index in [2.05, 4.69) is 20.1 Å². The first-order chi connectivity index (χ1) is 7.16. The maximum Gasteiger partial charge on any atom is 0.243 e. The lowest BCUT2D eigenvalue weighted by Gasteiger charge is -1.94. The summed E-state index contributed by atoms with van der Waals surface area (Å²) in [5, 5.41) is 3.75. The first-order valence-corrected chi connectivity index (χ1v) is 4.55. The normalized spacial score (nSPS) is 12.7. The molecule has 0 aliphatic heterocycles. The first kappa shape index (κ1) is 9.72. The summed E-state index contributed by atoms with van der Waals surface area (Å²) >= 11 is 0. The highest BCUT2D eigenvalue weighted by molar-refractivity contribution is 5.40. The lowest BCUT2D eigenvalue weighted by Crippen LogP contribution is -2.05. The maximum atomic E-state index is 5.59. The third kappa shape index (κ3) is 1.99. The van der Waals surface area contributed by atoms with Crippen molar-refractivity contribution in [1.29, 1.82) is 0 Å². The van der Waals surface area contributed by atoms with Gasteiger partial charge in [0.05, 0.1) is 6.04 Å². The predicted octanol–water partition coefficient (Wildman–Crippen LogP) is 0.855. The van der Waals surface area contributed by atoms with Crippen LogP contribution in [0, 0.1) is 6.92 Å². The van der Waals surface area contributed by atoms with E-state index >= 15 is 0 Å². The van der Waals surface area contributed by atoms with Gasteiger partial charge in [-0.05, 0) is 19.4 Å². The Morgan fingerprint density at radius 3 is 2.47 bits per heavy atom. The summed E-state index contributed by atoms with van der Waals surface area (Å²) in [4.78, 5) is 12.3. The van der Waals surface area contributed by atoms with Crippen LogP contribution in [0.5, 0.6) is 0 Å². The fraction of sp³-hybridized carbons (Fsp3) is 0.333. The summed E-state index contributed by atoms with van der Waals surface area (Å²) in [7, 11) is 0. The molecule has 2 rings (SSSR count). The van der Waals surface area contributed by atoms with Gasteiger partial charge in [0.1, 0.15) is 0 Å². The highest BCUT2D eigenvalue weighted by Gasteiger charge is 2.13. The van der Waals surface area contributed by atoms with Crippen LogP contribution in [0.4, 0.5) is 0 Å². The maximum absolute atomic E-state index is 5.59. The van der Waals surface area contributed by atoms with Crippen LogP contribution in [0.3, 0.4) is 0 Å². The Hall–Kier alpha value is -1.82. The minimum atomic E-state index is -0.281. The van der Waals surface area contributed by atoms with E-state index in [1.165, 1.54) is 0 Å². The van der Waals surface area contributed by atoms with Crippen LogP contribution in [0.25, 0.3) is 11.6 Å². The number of rotatable bonds is 2. The quantitative estimate of drug-likeness (QED) is 0.781. The summed E-state index contributed by atoms with van der Waals surface area (Å²) in [5.74, 6) is 1.19. The Balaban J connectivity index is 2.33. The van der Waals surface area contributed by atoms with E-state index in [-0.39, 0.29) is 6.04 Å². The van der Waals surface area contributed by atoms with Gasteiger partial charge in [0.25, 0.3) is 0 Å². The van der Waals surface area contributed by atoms with Crippen molar-refractivity contribution < 1.29 is 4.52 Å². The molecule has 2 N–H and O–H groups in total. The minimum absolute atomic E-state index is 0.281. The third-order valence-corrected chi connectivity index (χ3v) is 1.81. The number of aryl methyl sites for hydroxylation is 1. The van der Waals surface area contributed by atoms with E-state index in [1.807, 2.05) is 6.92 Å². The molecule has 0 radical (unpaired) electrons. The van der Waals surface area contributed by atoms with Crippen LogP contribution in [0.15, 0.2) is 16.9 Å². The van der Waals surface area contributed by atoms with Crippen molar-refractivity contribution in [3.8, 4) is 11.6 Å². The van der Waals surface area contributed by atoms with Gasteiger partial charge < -0.3 is 10.3 Å². The molecule has 0 bridgehead atoms. The monoisotopic (exact) mass is 205 g/mol. The molecule has 0 unspecified atom stereocenters. The number of hydrogen-bond acceptors (Lipinski definition) is 6. The molecule has 0 saturated carbocycles. The van der Waals surface area contributed by atoms with Gasteiger partial charge in [0, 0.05) is 12.4 Å². The summed E-state index contributed by atoms with van der Waals surface area (Å²) in [6.07, 6.45) is 3.40. The Bertz CT molecular complexity index is 448. The van der Waals surface area contributed by atoms with Gasteiger partial charge in [-0.1, -0.05) is 5.16 Å². The van der Waals surface area contributed by atoms with E-state index < -0.39 is 0 Å². The zero-order chi connectivity index (χ0) is 10.8. The fourth-order valence-electron chi connectivity index (χ4n) is 1.02. The Morgan fingerprint density at radius 1 is 1.27 bits per heavy atom. The van der Waals surface area contributed by atoms with Gasteiger partial charge in [-0.2, -0.15) is 4.98 Å². The van der Waals surface area contributed by atoms with Crippen molar-refractivity contribution in [1.82, 2.24) is 20.1 Å². The van der Waals surface area contributed by atoms with E-state index in [4.69, 9.17) is 10.3 Å². The highest BCUT2D eigenvalue weighted by atomic mass is 16.5. The smallest absolute Gasteiger partial charge is 0.243 e. The van der Waals surface area contributed by atoms with Crippen LogP contribution in [0.2, 0.25) is 0 Å². The molecular formula is C9H11N5O. The van der Waals surface area contributed by atoms with Crippen LogP contribution in [0.1, 0.15) is 24.4 Å². The van der Waals surface area contributed by atoms with E-state index in [1.54, 1.807) is 19.3 Å². The van der Waals surface area contributed by atoms with E-state index in [0.717, 1.165) is 5.56 Å². The molecule has 15 heavy (non-hydrogen) atoms. The molecule has 78 valence electrons. The molecule has 0 fully saturated rings. The molecule has 1 atom stereocenters. The molecule has 2 heterocycles. The fourth-order valence-corrected chi connectivity index (χ4v) is 1.02. The zero-order valence-corrected chi connectivity index (χ0v) is 8.51. The lowest BCUT2D eigenvalue weighted by molar-refractivity contribution is 0.361. The van der Waals surface area contributed by atoms with Gasteiger partial charge in [0.2, 0.25) is 17.5 Å². The Morgan fingerprint density at radius 2 is 1.93 bits per heavy atom. The minimum Gasteiger partial charge on any atom is -0.337 e. The second-order valence-corrected chi connectivity index (χ2v) is 3.33. The number of aromatic nitrogens is 4. The first-order valence-electron chi connectivity index (χ1n) is 4.55. The standard InChI is InChI=1S/C9H11N5O/c1-5-3-11-7(12-4-5)8-13-9(6(2)10)15-14-8/h3-4,6H,10H2,1-2H3/t6-/m0/s1. The van der Waals surface area contributed by atoms with Crippen LogP contribution in [-0.2, 0) is 0 Å². The highest BCUT2D eigenvalue weighted by Crippen LogP contribution is 2.13. The number of hydrogen-bond donors (Lipinski definition) is 1. The summed E-state index contributed by atoms with van der Waals surface area (Å²) in [6.45, 7) is 3.68. The molecule has 2 aromatic rings. The van der Waals surface area contributed by atoms with Crippen molar-refractivity contribution in [3.63, 3.8) is 0 Å². The molecular weight excluding hydrogens is 194 g/mol. The Kier molecular flexibility index (Phi) is 2.42. The molecule has 0 amide bonds. The van der Waals surface area contributed by atoms with Crippen molar-refractivity contribution >= 4 is 0 Å². The van der Waals surface area contributed by atoms with Crippen molar-refractivity contribution in [2.45, 2.75) is 19.9 Å². The number of nitrogens with two attached hydrogens (primary N) is 1. The van der Waals surface area contributed by atoms with Crippen molar-refractivity contribution in [2.75, 3.05) is 0 Å². The van der Waals surface area contributed by atoms with Crippen molar-refractivity contribution in [2.24, 2.45) is 5.73 Å². The molecule has 0 saturated heterocycles. The predicted molar refractivity (Wildman–Crippen MR) is 52.7 cm³/mol. The van der Waals surface area contributed by atoms with Gasteiger partial charge in [-0.3, -0.25) is 0 Å². The molecule has 0 spiro atoms. The molecule has 6 heteroatoms. The molecule has 0 aliphatic carbocycles. The summed E-state index contributed by atoms with van der Waals surface area (Å²) < 4.78 is 4.94. The van der Waals surface area contributed by atoms with Gasteiger partial charge >= 0.3 is 0 Å². The largest absolute Gasteiger partial charge is 0.337 e. The Labute approximate surface area is 86.5 Å². The third-order valence-electron chi connectivity index (χ3n) is 1.81. The van der Waals surface area contributed by atoms with Crippen LogP contribution < -0.4 is 5.73 Å². The van der Waals surface area contributed by atoms with Crippen LogP contribution in [-0.4, -0.2) is 20.1 Å². The lowest BCUT2D eigenvalue weighted by atomic mass is 10.4. The molecule has 6 nitrogen and oxygen atoms in total. The van der Waals surface area contributed by atoms with Gasteiger partial charge in [-0.15, -0.1) is 0 Å².